The Balaban J connectivity index is 2.00. The van der Waals surface area contributed by atoms with Gasteiger partial charge in [0.25, 0.3) is 0 Å². The summed E-state index contributed by atoms with van der Waals surface area (Å²) in [6.45, 7) is 12.5. The monoisotopic (exact) mass is 462 g/mol. The number of allylic oxidation sites excluding steroid dienone is 1. The van der Waals surface area contributed by atoms with Crippen LogP contribution in [0.5, 0.6) is 11.5 Å². The highest BCUT2D eigenvalue weighted by atomic mass is 16.5. The van der Waals surface area contributed by atoms with Gasteiger partial charge in [0.1, 0.15) is 17.5 Å². The van der Waals surface area contributed by atoms with Crippen LogP contribution in [-0.2, 0) is 16.8 Å². The molecule has 0 spiro atoms. The second kappa shape index (κ2) is 10.6. The molecular weight excluding hydrogens is 428 g/mol. The number of carboxylic acids is 1. The molecule has 0 aliphatic heterocycles. The van der Waals surface area contributed by atoms with Crippen molar-refractivity contribution in [2.45, 2.75) is 65.0 Å². The first-order valence-electron chi connectivity index (χ1n) is 11.7. The highest BCUT2D eigenvalue weighted by Gasteiger charge is 2.26. The first-order valence-corrected chi connectivity index (χ1v) is 11.7. The molecule has 0 fully saturated rings. The molecule has 0 bridgehead atoms. The minimum atomic E-state index is -1.01. The number of ether oxygens (including phenoxy) is 1. The SMILES string of the molecule is C=CCn1cc(-c2cccc(Oc3ccc(C(C)(C)C)cc3)c2)n([C@H](CCCC)C(=O)O)c1=O. The van der Waals surface area contributed by atoms with Gasteiger partial charge in [0, 0.05) is 18.3 Å². The normalized spacial score (nSPS) is 12.4. The summed E-state index contributed by atoms with van der Waals surface area (Å²) in [4.78, 5) is 25.2. The van der Waals surface area contributed by atoms with E-state index in [1.54, 1.807) is 12.3 Å². The Morgan fingerprint density at radius 1 is 1.15 bits per heavy atom. The van der Waals surface area contributed by atoms with Crippen LogP contribution in [0.3, 0.4) is 0 Å². The van der Waals surface area contributed by atoms with Crippen LogP contribution in [-0.4, -0.2) is 20.2 Å². The Kier molecular flexibility index (Phi) is 7.82. The van der Waals surface area contributed by atoms with Crippen LogP contribution in [0, 0.1) is 0 Å². The van der Waals surface area contributed by atoms with E-state index in [-0.39, 0.29) is 11.1 Å². The number of imidazole rings is 1. The molecule has 0 unspecified atom stereocenters. The maximum atomic E-state index is 13.1. The van der Waals surface area contributed by atoms with E-state index in [9.17, 15) is 14.7 Å². The third kappa shape index (κ3) is 5.68. The molecule has 0 saturated heterocycles. The van der Waals surface area contributed by atoms with Gasteiger partial charge in [0.15, 0.2) is 0 Å². The maximum absolute atomic E-state index is 13.1. The number of carbonyl (C=O) groups is 1. The van der Waals surface area contributed by atoms with Crippen molar-refractivity contribution >= 4 is 5.97 Å². The van der Waals surface area contributed by atoms with Crippen molar-refractivity contribution in [1.82, 2.24) is 9.13 Å². The minimum absolute atomic E-state index is 0.0547. The fraction of sp³-hybridized carbons (Fsp3) is 0.357. The number of unbranched alkanes of at least 4 members (excludes halogenated alkanes) is 1. The van der Waals surface area contributed by atoms with Gasteiger partial charge in [0.2, 0.25) is 0 Å². The standard InChI is InChI=1S/C28H34N2O4/c1-6-8-12-24(26(31)32)30-25(19-29(17-7-2)27(30)33)20-10-9-11-23(18-20)34-22-15-13-21(14-16-22)28(3,4)5/h7,9-11,13-16,18-19,24H,2,6,8,12,17H2,1,3-5H3,(H,31,32)/t24-/m1/s1. The second-order valence-electron chi connectivity index (χ2n) is 9.51. The van der Waals surface area contributed by atoms with Crippen LogP contribution in [0.2, 0.25) is 0 Å². The molecule has 6 heteroatoms. The first-order chi connectivity index (χ1) is 16.2. The van der Waals surface area contributed by atoms with Crippen molar-refractivity contribution < 1.29 is 14.6 Å². The summed E-state index contributed by atoms with van der Waals surface area (Å²) in [5, 5.41) is 9.90. The number of nitrogens with zero attached hydrogens (tertiary/aromatic N) is 2. The van der Waals surface area contributed by atoms with Crippen molar-refractivity contribution in [2.24, 2.45) is 0 Å². The van der Waals surface area contributed by atoms with Crippen LogP contribution in [0.4, 0.5) is 0 Å². The topological polar surface area (TPSA) is 73.5 Å². The van der Waals surface area contributed by atoms with Gasteiger partial charge in [-0.15, -0.1) is 6.58 Å². The Hall–Kier alpha value is -3.54. The molecule has 3 rings (SSSR count). The molecule has 1 heterocycles. The first kappa shape index (κ1) is 25.1. The summed E-state index contributed by atoms with van der Waals surface area (Å²) < 4.78 is 8.96. The molecule has 1 atom stereocenters. The van der Waals surface area contributed by atoms with Gasteiger partial charge < -0.3 is 9.84 Å². The van der Waals surface area contributed by atoms with Crippen LogP contribution in [0.25, 0.3) is 11.3 Å². The Bertz CT molecular complexity index is 1200. The number of aliphatic carboxylic acids is 1. The Morgan fingerprint density at radius 2 is 1.85 bits per heavy atom. The van der Waals surface area contributed by atoms with E-state index in [0.717, 1.165) is 6.42 Å². The lowest BCUT2D eigenvalue weighted by molar-refractivity contribution is -0.141. The summed E-state index contributed by atoms with van der Waals surface area (Å²) in [6.07, 6.45) is 5.26. The molecule has 180 valence electrons. The lowest BCUT2D eigenvalue weighted by Gasteiger charge is -2.19. The lowest BCUT2D eigenvalue weighted by Crippen LogP contribution is -2.31. The molecule has 1 N–H and O–H groups in total. The summed E-state index contributed by atoms with van der Waals surface area (Å²) in [5.74, 6) is 0.300. The zero-order valence-corrected chi connectivity index (χ0v) is 20.5. The predicted octanol–water partition coefficient (Wildman–Crippen LogP) is 6.41. The summed E-state index contributed by atoms with van der Waals surface area (Å²) in [6, 6.07) is 14.4. The Labute approximate surface area is 201 Å². The van der Waals surface area contributed by atoms with Gasteiger partial charge in [-0.1, -0.05) is 70.9 Å². The second-order valence-corrected chi connectivity index (χ2v) is 9.51. The molecule has 0 amide bonds. The van der Waals surface area contributed by atoms with Gasteiger partial charge >= 0.3 is 11.7 Å². The molecule has 0 aliphatic rings. The van der Waals surface area contributed by atoms with Gasteiger partial charge in [-0.05, 0) is 41.7 Å². The third-order valence-corrected chi connectivity index (χ3v) is 5.83. The quantitative estimate of drug-likeness (QED) is 0.353. The maximum Gasteiger partial charge on any atom is 0.329 e. The molecule has 0 saturated carbocycles. The van der Waals surface area contributed by atoms with E-state index in [4.69, 9.17) is 4.74 Å². The molecule has 3 aromatic rings. The molecule has 2 aromatic carbocycles. The van der Waals surface area contributed by atoms with Gasteiger partial charge in [-0.3, -0.25) is 9.13 Å². The molecule has 0 aliphatic carbocycles. The Morgan fingerprint density at radius 3 is 2.44 bits per heavy atom. The number of hydrogen-bond donors (Lipinski definition) is 1. The van der Waals surface area contributed by atoms with Crippen LogP contribution in [0.1, 0.15) is 58.6 Å². The average Bonchev–Trinajstić information content (AvgIpc) is 3.10. The van der Waals surface area contributed by atoms with E-state index in [2.05, 4.69) is 39.5 Å². The van der Waals surface area contributed by atoms with E-state index in [1.807, 2.05) is 43.3 Å². The van der Waals surface area contributed by atoms with Crippen LogP contribution >= 0.6 is 0 Å². The van der Waals surface area contributed by atoms with E-state index in [0.29, 0.717) is 42.1 Å². The van der Waals surface area contributed by atoms with Crippen molar-refractivity contribution in [3.63, 3.8) is 0 Å². The van der Waals surface area contributed by atoms with E-state index in [1.165, 1.54) is 14.7 Å². The van der Waals surface area contributed by atoms with Gasteiger partial charge in [-0.2, -0.15) is 0 Å². The number of rotatable bonds is 10. The molecule has 34 heavy (non-hydrogen) atoms. The molecular formula is C28H34N2O4. The number of carboxylic acid groups (broad SMARTS) is 1. The molecule has 6 nitrogen and oxygen atoms in total. The zero-order valence-electron chi connectivity index (χ0n) is 20.5. The smallest absolute Gasteiger partial charge is 0.329 e. The fourth-order valence-electron chi connectivity index (χ4n) is 3.93. The summed E-state index contributed by atoms with van der Waals surface area (Å²) in [7, 11) is 0. The minimum Gasteiger partial charge on any atom is -0.480 e. The molecule has 0 radical (unpaired) electrons. The summed E-state index contributed by atoms with van der Waals surface area (Å²) >= 11 is 0. The highest BCUT2D eigenvalue weighted by molar-refractivity contribution is 5.74. The lowest BCUT2D eigenvalue weighted by atomic mass is 9.87. The van der Waals surface area contributed by atoms with Crippen LogP contribution in [0.15, 0.2) is 72.2 Å². The van der Waals surface area contributed by atoms with Gasteiger partial charge in [-0.25, -0.2) is 9.59 Å². The third-order valence-electron chi connectivity index (χ3n) is 5.83. The highest BCUT2D eigenvalue weighted by Crippen LogP contribution is 2.31. The van der Waals surface area contributed by atoms with Crippen molar-refractivity contribution in [2.75, 3.05) is 0 Å². The van der Waals surface area contributed by atoms with Crippen molar-refractivity contribution in [3.05, 3.63) is 83.4 Å². The van der Waals surface area contributed by atoms with Crippen molar-refractivity contribution in [1.29, 1.82) is 0 Å². The van der Waals surface area contributed by atoms with Gasteiger partial charge in [0.05, 0.1) is 5.69 Å². The average molecular weight is 463 g/mol. The predicted molar refractivity (Wildman–Crippen MR) is 136 cm³/mol. The van der Waals surface area contributed by atoms with Crippen LogP contribution < -0.4 is 10.4 Å². The number of hydrogen-bond acceptors (Lipinski definition) is 3. The van der Waals surface area contributed by atoms with E-state index >= 15 is 0 Å². The number of aromatic nitrogens is 2. The molecule has 1 aromatic heterocycles. The summed E-state index contributed by atoms with van der Waals surface area (Å²) in [5.41, 5.74) is 2.17. The zero-order chi connectivity index (χ0) is 24.9. The fourth-order valence-corrected chi connectivity index (χ4v) is 3.93. The number of benzene rings is 2. The van der Waals surface area contributed by atoms with E-state index < -0.39 is 12.0 Å². The largest absolute Gasteiger partial charge is 0.480 e. The van der Waals surface area contributed by atoms with Crippen molar-refractivity contribution in [3.8, 4) is 22.8 Å².